The quantitative estimate of drug-likeness (QED) is 0.547. The highest BCUT2D eigenvalue weighted by Crippen LogP contribution is 2.30. The van der Waals surface area contributed by atoms with Crippen molar-refractivity contribution >= 4 is 40.2 Å². The van der Waals surface area contributed by atoms with Crippen LogP contribution in [-0.4, -0.2) is 25.4 Å². The molecule has 2 amide bonds. The zero-order chi connectivity index (χ0) is 19.8. The van der Waals surface area contributed by atoms with Crippen LogP contribution in [0.3, 0.4) is 0 Å². The molecule has 0 atom stereocenters. The average Bonchev–Trinajstić information content (AvgIpc) is 3.27. The van der Waals surface area contributed by atoms with E-state index in [1.807, 2.05) is 78.0 Å². The molecule has 0 radical (unpaired) electrons. The van der Waals surface area contributed by atoms with E-state index < -0.39 is 0 Å². The van der Waals surface area contributed by atoms with Crippen LogP contribution < -0.4 is 15.5 Å². The summed E-state index contributed by atoms with van der Waals surface area (Å²) in [6.45, 7) is 0.468. The summed E-state index contributed by atoms with van der Waals surface area (Å²) in [6.07, 6.45) is 0.924. The van der Waals surface area contributed by atoms with E-state index in [2.05, 4.69) is 10.6 Å². The maximum atomic E-state index is 12.4. The molecule has 5 nitrogen and oxygen atoms in total. The van der Waals surface area contributed by atoms with Crippen LogP contribution in [0.1, 0.15) is 22.5 Å². The van der Waals surface area contributed by atoms with Crippen LogP contribution in [0, 0.1) is 0 Å². The first-order chi connectivity index (χ1) is 13.6. The predicted octanol–water partition coefficient (Wildman–Crippen LogP) is 4.66. The SMILES string of the molecule is CN(c1ccccc1)c1ccccc1NC(=O)CCCNC(=O)c1cccs1. The van der Waals surface area contributed by atoms with Gasteiger partial charge in [-0.15, -0.1) is 11.3 Å². The van der Waals surface area contributed by atoms with Crippen molar-refractivity contribution in [2.24, 2.45) is 0 Å². The first-order valence-corrected chi connectivity index (χ1v) is 10.0. The van der Waals surface area contributed by atoms with Gasteiger partial charge in [0, 0.05) is 25.7 Å². The van der Waals surface area contributed by atoms with E-state index in [4.69, 9.17) is 0 Å². The Morgan fingerprint density at radius 2 is 1.71 bits per heavy atom. The Balaban J connectivity index is 1.52. The lowest BCUT2D eigenvalue weighted by atomic mass is 10.2. The molecule has 2 N–H and O–H groups in total. The zero-order valence-electron chi connectivity index (χ0n) is 15.7. The molecule has 2 aromatic carbocycles. The van der Waals surface area contributed by atoms with Crippen LogP contribution in [0.25, 0.3) is 0 Å². The summed E-state index contributed by atoms with van der Waals surface area (Å²) in [4.78, 5) is 27.0. The summed E-state index contributed by atoms with van der Waals surface area (Å²) >= 11 is 1.40. The van der Waals surface area contributed by atoms with E-state index in [0.717, 1.165) is 17.1 Å². The molecule has 0 saturated carbocycles. The van der Waals surface area contributed by atoms with Crippen molar-refractivity contribution in [3.63, 3.8) is 0 Å². The van der Waals surface area contributed by atoms with Gasteiger partial charge in [0.15, 0.2) is 0 Å². The number of amides is 2. The molecule has 0 aliphatic heterocycles. The second-order valence-electron chi connectivity index (χ2n) is 6.30. The summed E-state index contributed by atoms with van der Waals surface area (Å²) < 4.78 is 0. The highest BCUT2D eigenvalue weighted by Gasteiger charge is 2.11. The van der Waals surface area contributed by atoms with Crippen LogP contribution in [0.4, 0.5) is 17.1 Å². The van der Waals surface area contributed by atoms with Crippen LogP contribution in [0.5, 0.6) is 0 Å². The van der Waals surface area contributed by atoms with Gasteiger partial charge in [-0.25, -0.2) is 0 Å². The highest BCUT2D eigenvalue weighted by atomic mass is 32.1. The lowest BCUT2D eigenvalue weighted by Crippen LogP contribution is -2.24. The molecule has 3 rings (SSSR count). The normalized spacial score (nSPS) is 10.3. The van der Waals surface area contributed by atoms with Gasteiger partial charge >= 0.3 is 0 Å². The van der Waals surface area contributed by atoms with Crippen LogP contribution in [0.2, 0.25) is 0 Å². The number of benzene rings is 2. The number of anilines is 3. The van der Waals surface area contributed by atoms with Gasteiger partial charge in [0.25, 0.3) is 5.91 Å². The lowest BCUT2D eigenvalue weighted by molar-refractivity contribution is -0.116. The Bertz CT molecular complexity index is 911. The Morgan fingerprint density at radius 3 is 2.46 bits per heavy atom. The fourth-order valence-corrected chi connectivity index (χ4v) is 3.46. The van der Waals surface area contributed by atoms with Crippen LogP contribution in [0.15, 0.2) is 72.1 Å². The minimum absolute atomic E-state index is 0.0701. The number of para-hydroxylation sites is 3. The van der Waals surface area contributed by atoms with E-state index >= 15 is 0 Å². The molecule has 0 aliphatic carbocycles. The Morgan fingerprint density at radius 1 is 0.964 bits per heavy atom. The Hall–Kier alpha value is -3.12. The number of thiophene rings is 1. The predicted molar refractivity (Wildman–Crippen MR) is 115 cm³/mol. The minimum atomic E-state index is -0.0924. The molecule has 0 spiro atoms. The minimum Gasteiger partial charge on any atom is -0.351 e. The van der Waals surface area contributed by atoms with Gasteiger partial charge in [0.05, 0.1) is 16.3 Å². The summed E-state index contributed by atoms with van der Waals surface area (Å²) in [7, 11) is 1.97. The second-order valence-corrected chi connectivity index (χ2v) is 7.24. The van der Waals surface area contributed by atoms with Crippen LogP contribution >= 0.6 is 11.3 Å². The van der Waals surface area contributed by atoms with Gasteiger partial charge in [-0.05, 0) is 42.1 Å². The smallest absolute Gasteiger partial charge is 0.261 e. The summed E-state index contributed by atoms with van der Waals surface area (Å²) in [5.41, 5.74) is 2.73. The van der Waals surface area contributed by atoms with Crippen molar-refractivity contribution in [1.29, 1.82) is 0 Å². The average molecular weight is 394 g/mol. The lowest BCUT2D eigenvalue weighted by Gasteiger charge is -2.22. The summed E-state index contributed by atoms with van der Waals surface area (Å²) in [5, 5.41) is 7.69. The van der Waals surface area contributed by atoms with Gasteiger partial charge in [-0.3, -0.25) is 9.59 Å². The zero-order valence-corrected chi connectivity index (χ0v) is 16.5. The number of hydrogen-bond donors (Lipinski definition) is 2. The van der Waals surface area contributed by atoms with Crippen molar-refractivity contribution in [3.05, 3.63) is 77.0 Å². The standard InChI is InChI=1S/C22H23N3O2S/c1-25(17-9-3-2-4-10-17)19-12-6-5-11-18(19)24-21(26)14-7-15-23-22(27)20-13-8-16-28-20/h2-6,8-13,16H,7,14-15H2,1H3,(H,23,27)(H,24,26). The molecule has 6 heteroatoms. The van der Waals surface area contributed by atoms with E-state index in [1.54, 1.807) is 6.07 Å². The first kappa shape index (κ1) is 19.6. The maximum Gasteiger partial charge on any atom is 0.261 e. The molecule has 0 saturated heterocycles. The third kappa shape index (κ3) is 5.20. The molecular weight excluding hydrogens is 370 g/mol. The van der Waals surface area contributed by atoms with Gasteiger partial charge in [-0.1, -0.05) is 36.4 Å². The third-order valence-corrected chi connectivity index (χ3v) is 5.16. The van der Waals surface area contributed by atoms with E-state index in [-0.39, 0.29) is 11.8 Å². The van der Waals surface area contributed by atoms with Gasteiger partial charge in [-0.2, -0.15) is 0 Å². The fourth-order valence-electron chi connectivity index (χ4n) is 2.82. The third-order valence-electron chi connectivity index (χ3n) is 4.29. The number of nitrogens with one attached hydrogen (secondary N) is 2. The number of hydrogen-bond acceptors (Lipinski definition) is 4. The second kappa shape index (κ2) is 9.71. The Kier molecular flexibility index (Phi) is 6.81. The van der Waals surface area contributed by atoms with Crippen molar-refractivity contribution in [1.82, 2.24) is 5.32 Å². The van der Waals surface area contributed by atoms with Crippen molar-refractivity contribution in [2.75, 3.05) is 23.8 Å². The highest BCUT2D eigenvalue weighted by molar-refractivity contribution is 7.12. The number of carbonyl (C=O) groups is 2. The van der Waals surface area contributed by atoms with Crippen molar-refractivity contribution in [3.8, 4) is 0 Å². The molecule has 1 aromatic heterocycles. The first-order valence-electron chi connectivity index (χ1n) is 9.14. The molecule has 0 bridgehead atoms. The molecule has 28 heavy (non-hydrogen) atoms. The van der Waals surface area contributed by atoms with Crippen molar-refractivity contribution in [2.45, 2.75) is 12.8 Å². The molecule has 1 heterocycles. The van der Waals surface area contributed by atoms with Crippen molar-refractivity contribution < 1.29 is 9.59 Å². The van der Waals surface area contributed by atoms with E-state index in [1.165, 1.54) is 11.3 Å². The monoisotopic (exact) mass is 393 g/mol. The van der Waals surface area contributed by atoms with Crippen LogP contribution in [-0.2, 0) is 4.79 Å². The number of carbonyl (C=O) groups excluding carboxylic acids is 2. The molecule has 3 aromatic rings. The Labute approximate surface area is 169 Å². The largest absolute Gasteiger partial charge is 0.351 e. The molecule has 0 aliphatic rings. The van der Waals surface area contributed by atoms with E-state index in [0.29, 0.717) is 24.3 Å². The molecule has 0 unspecified atom stereocenters. The maximum absolute atomic E-state index is 12.4. The molecular formula is C22H23N3O2S. The van der Waals surface area contributed by atoms with E-state index in [9.17, 15) is 9.59 Å². The van der Waals surface area contributed by atoms with Gasteiger partial charge in [0.1, 0.15) is 0 Å². The summed E-state index contributed by atoms with van der Waals surface area (Å²) in [6, 6.07) is 21.3. The summed E-state index contributed by atoms with van der Waals surface area (Å²) in [5.74, 6) is -0.162. The topological polar surface area (TPSA) is 61.4 Å². The molecule has 144 valence electrons. The van der Waals surface area contributed by atoms with Gasteiger partial charge < -0.3 is 15.5 Å². The number of rotatable bonds is 8. The number of nitrogens with zero attached hydrogens (tertiary/aromatic N) is 1. The molecule has 0 fully saturated rings. The fraction of sp³-hybridized carbons (Fsp3) is 0.182. The van der Waals surface area contributed by atoms with Gasteiger partial charge in [0.2, 0.25) is 5.91 Å².